The quantitative estimate of drug-likeness (QED) is 0.633. The lowest BCUT2D eigenvalue weighted by Gasteiger charge is -2.25. The number of esters is 2. The molecule has 1 aliphatic carbocycles. The predicted molar refractivity (Wildman–Crippen MR) is 78.5 cm³/mol. The number of ether oxygens (including phenoxy) is 2. The molecule has 2 rings (SSSR count). The molecule has 110 valence electrons. The summed E-state index contributed by atoms with van der Waals surface area (Å²) in [7, 11) is 2.63. The van der Waals surface area contributed by atoms with E-state index in [1.807, 2.05) is 49.4 Å². The van der Waals surface area contributed by atoms with Crippen LogP contribution in [0.2, 0.25) is 0 Å². The van der Waals surface area contributed by atoms with Crippen molar-refractivity contribution < 1.29 is 19.1 Å². The van der Waals surface area contributed by atoms with Crippen LogP contribution in [0.1, 0.15) is 18.4 Å². The van der Waals surface area contributed by atoms with Crippen LogP contribution in [0.25, 0.3) is 0 Å². The molecule has 1 aliphatic rings. The highest BCUT2D eigenvalue weighted by atomic mass is 16.5. The summed E-state index contributed by atoms with van der Waals surface area (Å²) >= 11 is 0. The van der Waals surface area contributed by atoms with Crippen LogP contribution >= 0.6 is 0 Å². The fourth-order valence-corrected chi connectivity index (χ4v) is 2.57. The molecule has 0 N–H and O–H groups in total. The van der Waals surface area contributed by atoms with Crippen molar-refractivity contribution in [3.8, 4) is 0 Å². The van der Waals surface area contributed by atoms with Crippen LogP contribution in [0, 0.1) is 5.92 Å². The molecule has 4 nitrogen and oxygen atoms in total. The summed E-state index contributed by atoms with van der Waals surface area (Å²) in [4.78, 5) is 24.3. The van der Waals surface area contributed by atoms with Gasteiger partial charge in [0.2, 0.25) is 0 Å². The second kappa shape index (κ2) is 6.39. The summed E-state index contributed by atoms with van der Waals surface area (Å²) in [5.74, 6) is -1.48. The molecule has 0 spiro atoms. The smallest absolute Gasteiger partial charge is 0.335 e. The molecule has 0 unspecified atom stereocenters. The summed E-state index contributed by atoms with van der Waals surface area (Å²) in [5, 5.41) is 0. The summed E-state index contributed by atoms with van der Waals surface area (Å²) < 4.78 is 9.71. The first-order chi connectivity index (χ1) is 10.1. The Labute approximate surface area is 124 Å². The van der Waals surface area contributed by atoms with Crippen molar-refractivity contribution in [2.24, 2.45) is 5.92 Å². The van der Waals surface area contributed by atoms with E-state index < -0.39 is 11.9 Å². The Kier molecular flexibility index (Phi) is 4.58. The van der Waals surface area contributed by atoms with E-state index in [2.05, 4.69) is 0 Å². The summed E-state index contributed by atoms with van der Waals surface area (Å²) in [6, 6.07) is 9.54. The van der Waals surface area contributed by atoms with Crippen molar-refractivity contribution in [3.63, 3.8) is 0 Å². The zero-order valence-corrected chi connectivity index (χ0v) is 12.3. The number of carbonyl (C=O) groups is 2. The molecule has 0 aliphatic heterocycles. The van der Waals surface area contributed by atoms with Gasteiger partial charge in [0.15, 0.2) is 0 Å². The molecule has 4 heteroatoms. The van der Waals surface area contributed by atoms with Gasteiger partial charge >= 0.3 is 11.9 Å². The van der Waals surface area contributed by atoms with Crippen LogP contribution in [-0.4, -0.2) is 26.2 Å². The monoisotopic (exact) mass is 286 g/mol. The van der Waals surface area contributed by atoms with Gasteiger partial charge in [-0.05, 0) is 5.56 Å². The van der Waals surface area contributed by atoms with Gasteiger partial charge in [0.05, 0.1) is 25.4 Å². The highest BCUT2D eigenvalue weighted by molar-refractivity contribution is 6.02. The highest BCUT2D eigenvalue weighted by Gasteiger charge is 2.34. The maximum atomic E-state index is 12.2. The SMILES string of the molecule is COC(=O)C1=C(C(=O)OC)[C@H](c2ccccc2)C=C[C@H]1C. The number of hydrogen-bond acceptors (Lipinski definition) is 4. The van der Waals surface area contributed by atoms with Crippen molar-refractivity contribution in [2.75, 3.05) is 14.2 Å². The average molecular weight is 286 g/mol. The number of hydrogen-bond donors (Lipinski definition) is 0. The Morgan fingerprint density at radius 2 is 1.48 bits per heavy atom. The Bertz CT molecular complexity index is 598. The van der Waals surface area contributed by atoms with E-state index in [9.17, 15) is 9.59 Å². The molecule has 1 aromatic rings. The van der Waals surface area contributed by atoms with E-state index in [0.717, 1.165) is 5.56 Å². The second-order valence-electron chi connectivity index (χ2n) is 4.87. The van der Waals surface area contributed by atoms with Crippen molar-refractivity contribution >= 4 is 11.9 Å². The van der Waals surface area contributed by atoms with Crippen LogP contribution in [0.15, 0.2) is 53.6 Å². The largest absolute Gasteiger partial charge is 0.466 e. The van der Waals surface area contributed by atoms with Crippen molar-refractivity contribution in [3.05, 3.63) is 59.2 Å². The van der Waals surface area contributed by atoms with Crippen molar-refractivity contribution in [1.29, 1.82) is 0 Å². The average Bonchev–Trinajstić information content (AvgIpc) is 2.53. The third-order valence-corrected chi connectivity index (χ3v) is 3.62. The topological polar surface area (TPSA) is 52.6 Å². The van der Waals surface area contributed by atoms with Crippen LogP contribution in [0.4, 0.5) is 0 Å². The Morgan fingerprint density at radius 1 is 0.905 bits per heavy atom. The minimum Gasteiger partial charge on any atom is -0.466 e. The summed E-state index contributed by atoms with van der Waals surface area (Å²) in [6.45, 7) is 1.85. The lowest BCUT2D eigenvalue weighted by atomic mass is 9.79. The summed E-state index contributed by atoms with van der Waals surface area (Å²) in [6.07, 6.45) is 3.84. The van der Waals surface area contributed by atoms with E-state index in [4.69, 9.17) is 9.47 Å². The molecular weight excluding hydrogens is 268 g/mol. The number of methoxy groups -OCH3 is 2. The van der Waals surface area contributed by atoms with Crippen LogP contribution < -0.4 is 0 Å². The fourth-order valence-electron chi connectivity index (χ4n) is 2.57. The van der Waals surface area contributed by atoms with Gasteiger partial charge in [0.25, 0.3) is 0 Å². The molecule has 1 aromatic carbocycles. The van der Waals surface area contributed by atoms with Gasteiger partial charge < -0.3 is 9.47 Å². The first kappa shape index (κ1) is 15.0. The van der Waals surface area contributed by atoms with Gasteiger partial charge in [-0.25, -0.2) is 9.59 Å². The zero-order valence-electron chi connectivity index (χ0n) is 12.3. The van der Waals surface area contributed by atoms with Crippen LogP contribution in [0.3, 0.4) is 0 Å². The molecule has 0 heterocycles. The van der Waals surface area contributed by atoms with E-state index in [1.54, 1.807) is 0 Å². The predicted octanol–water partition coefficient (Wildman–Crippen LogP) is 2.62. The number of allylic oxidation sites excluding steroid dienone is 2. The first-order valence-corrected chi connectivity index (χ1v) is 6.74. The van der Waals surface area contributed by atoms with E-state index in [0.29, 0.717) is 11.1 Å². The normalized spacial score (nSPS) is 21.1. The molecule has 21 heavy (non-hydrogen) atoms. The fraction of sp³-hybridized carbons (Fsp3) is 0.294. The highest BCUT2D eigenvalue weighted by Crippen LogP contribution is 2.36. The molecule has 0 saturated carbocycles. The number of benzene rings is 1. The molecular formula is C17H18O4. The maximum Gasteiger partial charge on any atom is 0.335 e. The first-order valence-electron chi connectivity index (χ1n) is 6.74. The maximum absolute atomic E-state index is 12.2. The third kappa shape index (κ3) is 2.89. The Hall–Kier alpha value is -2.36. The van der Waals surface area contributed by atoms with E-state index >= 15 is 0 Å². The minimum absolute atomic E-state index is 0.188. The molecule has 0 saturated heterocycles. The van der Waals surface area contributed by atoms with E-state index in [1.165, 1.54) is 14.2 Å². The van der Waals surface area contributed by atoms with Crippen LogP contribution in [-0.2, 0) is 19.1 Å². The van der Waals surface area contributed by atoms with Gasteiger partial charge in [0, 0.05) is 11.8 Å². The Morgan fingerprint density at radius 3 is 2.05 bits per heavy atom. The van der Waals surface area contributed by atoms with Crippen LogP contribution in [0.5, 0.6) is 0 Å². The summed E-state index contributed by atoms with van der Waals surface area (Å²) in [5.41, 5.74) is 1.65. The van der Waals surface area contributed by atoms with Gasteiger partial charge in [-0.1, -0.05) is 49.4 Å². The third-order valence-electron chi connectivity index (χ3n) is 3.62. The van der Waals surface area contributed by atoms with Crippen molar-refractivity contribution in [2.45, 2.75) is 12.8 Å². The van der Waals surface area contributed by atoms with E-state index in [-0.39, 0.29) is 11.8 Å². The minimum atomic E-state index is -0.500. The van der Waals surface area contributed by atoms with Crippen molar-refractivity contribution in [1.82, 2.24) is 0 Å². The number of carbonyl (C=O) groups excluding carboxylic acids is 2. The lowest BCUT2D eigenvalue weighted by Crippen LogP contribution is -2.25. The Balaban J connectivity index is 2.59. The second-order valence-corrected chi connectivity index (χ2v) is 4.87. The van der Waals surface area contributed by atoms with Gasteiger partial charge in [-0.15, -0.1) is 0 Å². The standard InChI is InChI=1S/C17H18O4/c1-11-9-10-13(12-7-5-4-6-8-12)15(17(19)21-3)14(11)16(18)20-2/h4-11,13H,1-3H3/t11-,13+/m1/s1. The molecule has 2 atom stereocenters. The van der Waals surface area contributed by atoms with Gasteiger partial charge in [-0.2, -0.15) is 0 Å². The number of rotatable bonds is 3. The molecule has 0 bridgehead atoms. The zero-order chi connectivity index (χ0) is 15.4. The molecule has 0 aromatic heterocycles. The molecule has 0 fully saturated rings. The van der Waals surface area contributed by atoms with Gasteiger partial charge in [0.1, 0.15) is 0 Å². The van der Waals surface area contributed by atoms with Gasteiger partial charge in [-0.3, -0.25) is 0 Å². The lowest BCUT2D eigenvalue weighted by molar-refractivity contribution is -0.140. The molecule has 0 radical (unpaired) electrons. The molecule has 0 amide bonds.